The zero-order valence-corrected chi connectivity index (χ0v) is 14.3. The van der Waals surface area contributed by atoms with Crippen LogP contribution in [0, 0.1) is 0 Å². The fourth-order valence-corrected chi connectivity index (χ4v) is 2.38. The van der Waals surface area contributed by atoms with E-state index in [2.05, 4.69) is 10.6 Å². The fourth-order valence-electron chi connectivity index (χ4n) is 2.38. The number of amides is 3. The van der Waals surface area contributed by atoms with E-state index in [1.54, 1.807) is 6.92 Å². The maximum atomic E-state index is 12.4. The summed E-state index contributed by atoms with van der Waals surface area (Å²) in [4.78, 5) is 24.1. The van der Waals surface area contributed by atoms with Crippen LogP contribution in [0.3, 0.4) is 0 Å². The summed E-state index contributed by atoms with van der Waals surface area (Å²) in [7, 11) is 0. The lowest BCUT2D eigenvalue weighted by molar-refractivity contribution is -0.683. The number of quaternary nitrogens is 1. The third-order valence-corrected chi connectivity index (χ3v) is 3.55. The van der Waals surface area contributed by atoms with Crippen molar-refractivity contribution in [3.05, 3.63) is 66.2 Å². The molecule has 0 fully saturated rings. The third kappa shape index (κ3) is 6.27. The first-order valence-electron chi connectivity index (χ1n) is 8.35. The monoisotopic (exact) mass is 342 g/mol. The molecule has 1 atom stereocenters. The number of hydrogen-bond acceptors (Lipinski definition) is 3. The standard InChI is InChI=1S/C19H23N3O3/c1-2-20-19(24)22-18(23)17(15-9-5-3-6-10-15)21-13-14-25-16-11-7-4-8-12-16/h3-12,17,21H,2,13-14H2,1H3,(H2,20,22,23,24)/p+1/t17-/m0/s1. The Hall–Kier alpha value is -2.86. The maximum Gasteiger partial charge on any atom is 0.321 e. The molecule has 132 valence electrons. The average molecular weight is 342 g/mol. The highest BCUT2D eigenvalue weighted by molar-refractivity contribution is 5.96. The highest BCUT2D eigenvalue weighted by atomic mass is 16.5. The molecule has 2 aromatic carbocycles. The van der Waals surface area contributed by atoms with Gasteiger partial charge in [0, 0.05) is 12.1 Å². The second kappa shape index (κ2) is 10.1. The van der Waals surface area contributed by atoms with Crippen molar-refractivity contribution in [2.75, 3.05) is 19.7 Å². The summed E-state index contributed by atoms with van der Waals surface area (Å²) in [6.45, 7) is 3.30. The Bertz CT molecular complexity index is 662. The summed E-state index contributed by atoms with van der Waals surface area (Å²) in [6, 6.07) is 17.9. The van der Waals surface area contributed by atoms with Gasteiger partial charge in [-0.25, -0.2) is 4.79 Å². The van der Waals surface area contributed by atoms with E-state index in [1.165, 1.54) is 0 Å². The summed E-state index contributed by atoms with van der Waals surface area (Å²) in [6.07, 6.45) is 0. The van der Waals surface area contributed by atoms with E-state index in [4.69, 9.17) is 4.74 Å². The highest BCUT2D eigenvalue weighted by Crippen LogP contribution is 2.09. The third-order valence-electron chi connectivity index (χ3n) is 3.55. The lowest BCUT2D eigenvalue weighted by atomic mass is 10.1. The summed E-state index contributed by atoms with van der Waals surface area (Å²) in [5, 5.41) is 6.81. The predicted octanol–water partition coefficient (Wildman–Crippen LogP) is 1.22. The maximum absolute atomic E-state index is 12.4. The van der Waals surface area contributed by atoms with Gasteiger partial charge in [-0.3, -0.25) is 10.1 Å². The van der Waals surface area contributed by atoms with Crippen molar-refractivity contribution in [3.63, 3.8) is 0 Å². The number of urea groups is 1. The number of imide groups is 1. The molecule has 0 radical (unpaired) electrons. The number of carbonyl (C=O) groups is 2. The first-order chi connectivity index (χ1) is 12.2. The van der Waals surface area contributed by atoms with E-state index in [0.29, 0.717) is 19.7 Å². The van der Waals surface area contributed by atoms with Crippen LogP contribution >= 0.6 is 0 Å². The van der Waals surface area contributed by atoms with Crippen LogP contribution in [0.25, 0.3) is 0 Å². The zero-order valence-electron chi connectivity index (χ0n) is 14.3. The van der Waals surface area contributed by atoms with Gasteiger partial charge in [0.1, 0.15) is 18.9 Å². The molecule has 0 saturated carbocycles. The molecule has 25 heavy (non-hydrogen) atoms. The normalized spacial score (nSPS) is 11.4. The van der Waals surface area contributed by atoms with E-state index in [0.717, 1.165) is 11.3 Å². The van der Waals surface area contributed by atoms with Gasteiger partial charge in [0.25, 0.3) is 5.91 Å². The van der Waals surface area contributed by atoms with Crippen molar-refractivity contribution < 1.29 is 19.6 Å². The molecule has 6 nitrogen and oxygen atoms in total. The number of benzene rings is 2. The second-order valence-electron chi connectivity index (χ2n) is 5.42. The molecular weight excluding hydrogens is 318 g/mol. The van der Waals surface area contributed by atoms with Crippen molar-refractivity contribution >= 4 is 11.9 Å². The molecule has 6 heteroatoms. The van der Waals surface area contributed by atoms with Crippen molar-refractivity contribution in [2.24, 2.45) is 0 Å². The minimum Gasteiger partial charge on any atom is -0.488 e. The van der Waals surface area contributed by atoms with Gasteiger partial charge in [0.15, 0.2) is 6.04 Å². The van der Waals surface area contributed by atoms with Crippen LogP contribution < -0.4 is 20.7 Å². The molecule has 0 aromatic heterocycles. The minimum atomic E-state index is -0.511. The molecular formula is C19H24N3O3+. The van der Waals surface area contributed by atoms with E-state index < -0.39 is 12.1 Å². The Morgan fingerprint density at radius 2 is 1.68 bits per heavy atom. The van der Waals surface area contributed by atoms with Crippen molar-refractivity contribution in [1.82, 2.24) is 10.6 Å². The molecule has 0 spiro atoms. The fraction of sp³-hybridized carbons (Fsp3) is 0.263. The Balaban J connectivity index is 1.92. The Morgan fingerprint density at radius 3 is 2.32 bits per heavy atom. The number of ether oxygens (including phenoxy) is 1. The number of rotatable bonds is 8. The molecule has 4 N–H and O–H groups in total. The van der Waals surface area contributed by atoms with Gasteiger partial charge in [-0.15, -0.1) is 0 Å². The minimum absolute atomic E-state index is 0.350. The van der Waals surface area contributed by atoms with E-state index >= 15 is 0 Å². The van der Waals surface area contributed by atoms with Crippen LogP contribution in [0.15, 0.2) is 60.7 Å². The second-order valence-corrected chi connectivity index (χ2v) is 5.42. The first-order valence-corrected chi connectivity index (χ1v) is 8.35. The molecule has 0 unspecified atom stereocenters. The van der Waals surface area contributed by atoms with Crippen LogP contribution in [0.1, 0.15) is 18.5 Å². The number of para-hydroxylation sites is 1. The molecule has 0 aliphatic heterocycles. The Kier molecular flexibility index (Phi) is 7.46. The van der Waals surface area contributed by atoms with Crippen molar-refractivity contribution in [2.45, 2.75) is 13.0 Å². The largest absolute Gasteiger partial charge is 0.488 e. The van der Waals surface area contributed by atoms with Crippen LogP contribution in [0.2, 0.25) is 0 Å². The van der Waals surface area contributed by atoms with Crippen LogP contribution in [-0.2, 0) is 4.79 Å². The van der Waals surface area contributed by atoms with E-state index in [9.17, 15) is 9.59 Å². The van der Waals surface area contributed by atoms with Crippen LogP contribution in [0.5, 0.6) is 5.75 Å². The lowest BCUT2D eigenvalue weighted by Crippen LogP contribution is -2.88. The summed E-state index contributed by atoms with van der Waals surface area (Å²) in [5.74, 6) is 0.441. The van der Waals surface area contributed by atoms with Gasteiger partial charge in [-0.2, -0.15) is 0 Å². The van der Waals surface area contributed by atoms with Gasteiger partial charge in [-0.1, -0.05) is 48.5 Å². The summed E-state index contributed by atoms with van der Waals surface area (Å²) >= 11 is 0. The highest BCUT2D eigenvalue weighted by Gasteiger charge is 2.25. The van der Waals surface area contributed by atoms with E-state index in [-0.39, 0.29) is 5.91 Å². The van der Waals surface area contributed by atoms with Crippen LogP contribution in [0.4, 0.5) is 4.79 Å². The number of nitrogens with two attached hydrogens (primary N) is 1. The quantitative estimate of drug-likeness (QED) is 0.631. The molecule has 0 bridgehead atoms. The number of carbonyl (C=O) groups excluding carboxylic acids is 2. The van der Waals surface area contributed by atoms with Gasteiger partial charge < -0.3 is 15.4 Å². The lowest BCUT2D eigenvalue weighted by Gasteiger charge is -2.16. The van der Waals surface area contributed by atoms with Crippen molar-refractivity contribution in [1.29, 1.82) is 0 Å². The summed E-state index contributed by atoms with van der Waals surface area (Å²) < 4.78 is 5.65. The summed E-state index contributed by atoms with van der Waals surface area (Å²) in [5.41, 5.74) is 0.837. The topological polar surface area (TPSA) is 84.0 Å². The van der Waals surface area contributed by atoms with E-state index in [1.807, 2.05) is 66.0 Å². The Morgan fingerprint density at radius 1 is 1.04 bits per heavy atom. The van der Waals surface area contributed by atoms with Crippen molar-refractivity contribution in [3.8, 4) is 5.75 Å². The molecule has 2 aromatic rings. The van der Waals surface area contributed by atoms with Gasteiger partial charge >= 0.3 is 6.03 Å². The molecule has 0 saturated heterocycles. The zero-order chi connectivity index (χ0) is 17.9. The van der Waals surface area contributed by atoms with Gasteiger partial charge in [-0.05, 0) is 19.1 Å². The average Bonchev–Trinajstić information content (AvgIpc) is 2.63. The first kappa shape index (κ1) is 18.5. The molecule has 0 aliphatic carbocycles. The number of nitrogens with one attached hydrogen (secondary N) is 2. The molecule has 3 amide bonds. The Labute approximate surface area is 147 Å². The smallest absolute Gasteiger partial charge is 0.321 e. The van der Waals surface area contributed by atoms with Crippen LogP contribution in [-0.4, -0.2) is 31.6 Å². The van der Waals surface area contributed by atoms with Gasteiger partial charge in [0.2, 0.25) is 0 Å². The molecule has 0 heterocycles. The SMILES string of the molecule is CCNC(=O)NC(=O)[C@@H]([NH2+]CCOc1ccccc1)c1ccccc1. The molecule has 0 aliphatic rings. The number of hydrogen-bond donors (Lipinski definition) is 3. The predicted molar refractivity (Wildman–Crippen MR) is 95.1 cm³/mol. The molecule has 2 rings (SSSR count). The van der Waals surface area contributed by atoms with Gasteiger partial charge in [0.05, 0.1) is 0 Å².